The molecular weight excluding hydrogens is 281 g/mol. The van der Waals surface area contributed by atoms with Gasteiger partial charge in [0.2, 0.25) is 0 Å². The van der Waals surface area contributed by atoms with Crippen LogP contribution in [0, 0.1) is 10.8 Å². The van der Waals surface area contributed by atoms with Gasteiger partial charge in [0.1, 0.15) is 0 Å². The van der Waals surface area contributed by atoms with Gasteiger partial charge in [0.15, 0.2) is 0 Å². The number of benzene rings is 1. The molecule has 4 heteroatoms. The second-order valence-corrected chi connectivity index (χ2v) is 7.21. The lowest BCUT2D eigenvalue weighted by atomic mass is 9.74. The van der Waals surface area contributed by atoms with Gasteiger partial charge in [0.05, 0.1) is 6.10 Å². The van der Waals surface area contributed by atoms with Crippen molar-refractivity contribution in [3.63, 3.8) is 0 Å². The van der Waals surface area contributed by atoms with Gasteiger partial charge in [-0.25, -0.2) is 0 Å². The fraction of sp³-hybridized carbons (Fsp3) is 0.600. The van der Waals surface area contributed by atoms with E-state index < -0.39 is 6.10 Å². The van der Waals surface area contributed by atoms with Crippen LogP contribution >= 0.6 is 23.2 Å². The molecule has 19 heavy (non-hydrogen) atoms. The van der Waals surface area contributed by atoms with Gasteiger partial charge in [0, 0.05) is 22.0 Å². The maximum atomic E-state index is 10.6. The van der Waals surface area contributed by atoms with Gasteiger partial charge >= 0.3 is 0 Å². The molecule has 3 N–H and O–H groups in total. The number of aliphatic hydroxyl groups excluding tert-OH is 1. The minimum Gasteiger partial charge on any atom is -0.392 e. The van der Waals surface area contributed by atoms with Gasteiger partial charge in [-0.1, -0.05) is 43.1 Å². The van der Waals surface area contributed by atoms with E-state index in [-0.39, 0.29) is 10.8 Å². The van der Waals surface area contributed by atoms with Gasteiger partial charge in [0.25, 0.3) is 0 Å². The number of aliphatic hydroxyl groups is 1. The number of hydrogen-bond acceptors (Lipinski definition) is 2. The zero-order valence-corrected chi connectivity index (χ0v) is 12.9. The zero-order valence-electron chi connectivity index (χ0n) is 11.4. The highest BCUT2D eigenvalue weighted by molar-refractivity contribution is 6.35. The van der Waals surface area contributed by atoms with E-state index in [4.69, 9.17) is 28.9 Å². The molecule has 0 bridgehead atoms. The largest absolute Gasteiger partial charge is 0.392 e. The van der Waals surface area contributed by atoms with Crippen molar-refractivity contribution < 1.29 is 5.11 Å². The lowest BCUT2D eigenvalue weighted by Crippen LogP contribution is -2.44. The molecule has 2 nitrogen and oxygen atoms in total. The van der Waals surface area contributed by atoms with Gasteiger partial charge < -0.3 is 10.8 Å². The molecule has 1 aromatic carbocycles. The van der Waals surface area contributed by atoms with Crippen molar-refractivity contribution in [3.8, 4) is 0 Å². The minimum absolute atomic E-state index is 0.0850. The summed E-state index contributed by atoms with van der Waals surface area (Å²) in [5.74, 6) is 0. The summed E-state index contributed by atoms with van der Waals surface area (Å²) < 4.78 is 0. The lowest BCUT2D eigenvalue weighted by Gasteiger charge is -2.36. The molecule has 106 valence electrons. The molecule has 0 aliphatic heterocycles. The first-order chi connectivity index (χ1) is 8.81. The molecule has 2 rings (SSSR count). The molecular formula is C15H21Cl2NO. The van der Waals surface area contributed by atoms with Crippen molar-refractivity contribution >= 4 is 23.2 Å². The molecule has 0 spiro atoms. The van der Waals surface area contributed by atoms with Crippen LogP contribution in [-0.4, -0.2) is 17.8 Å². The maximum absolute atomic E-state index is 10.6. The standard InChI is InChI=1S/C15H21Cl2NO/c1-14(2)5-6-15(9-18,13(14)19)8-10-3-4-11(16)7-12(10)17/h3-4,7,13,19H,5-6,8-9,18H2,1-2H3. The SMILES string of the molecule is CC1(C)CCC(CN)(Cc2ccc(Cl)cc2Cl)C1O. The van der Waals surface area contributed by atoms with E-state index in [9.17, 15) is 5.11 Å². The van der Waals surface area contributed by atoms with E-state index in [1.54, 1.807) is 6.07 Å². The van der Waals surface area contributed by atoms with Crippen LogP contribution in [-0.2, 0) is 6.42 Å². The molecule has 1 aromatic rings. The van der Waals surface area contributed by atoms with Crippen LogP contribution in [0.5, 0.6) is 0 Å². The lowest BCUT2D eigenvalue weighted by molar-refractivity contribution is -0.00462. The highest BCUT2D eigenvalue weighted by Gasteiger charge is 2.51. The van der Waals surface area contributed by atoms with E-state index in [0.29, 0.717) is 23.0 Å². The van der Waals surface area contributed by atoms with Crippen LogP contribution < -0.4 is 5.73 Å². The summed E-state index contributed by atoms with van der Waals surface area (Å²) in [6.45, 7) is 4.66. The maximum Gasteiger partial charge on any atom is 0.0662 e. The molecule has 0 heterocycles. The molecule has 0 saturated heterocycles. The Morgan fingerprint density at radius 3 is 2.47 bits per heavy atom. The van der Waals surface area contributed by atoms with E-state index in [2.05, 4.69) is 13.8 Å². The highest BCUT2D eigenvalue weighted by atomic mass is 35.5. The zero-order chi connectivity index (χ0) is 14.3. The Labute approximate surface area is 124 Å². The fourth-order valence-corrected chi connectivity index (χ4v) is 3.66. The van der Waals surface area contributed by atoms with Crippen LogP contribution in [0.15, 0.2) is 18.2 Å². The topological polar surface area (TPSA) is 46.2 Å². The fourth-order valence-electron chi connectivity index (χ4n) is 3.19. The summed E-state index contributed by atoms with van der Waals surface area (Å²) in [4.78, 5) is 0. The van der Waals surface area contributed by atoms with E-state index in [1.807, 2.05) is 12.1 Å². The molecule has 2 unspecified atom stereocenters. The number of halogens is 2. The van der Waals surface area contributed by atoms with Gasteiger partial charge in [-0.3, -0.25) is 0 Å². The van der Waals surface area contributed by atoms with Crippen molar-refractivity contribution in [1.29, 1.82) is 0 Å². The first-order valence-electron chi connectivity index (χ1n) is 6.63. The molecule has 0 amide bonds. The monoisotopic (exact) mass is 301 g/mol. The van der Waals surface area contributed by atoms with Crippen molar-refractivity contribution in [2.45, 2.75) is 39.2 Å². The third-order valence-electron chi connectivity index (χ3n) is 4.55. The van der Waals surface area contributed by atoms with Gasteiger partial charge in [-0.15, -0.1) is 0 Å². The quantitative estimate of drug-likeness (QED) is 0.895. The summed E-state index contributed by atoms with van der Waals surface area (Å²) >= 11 is 12.2. The molecule has 0 radical (unpaired) electrons. The average Bonchev–Trinajstić information content (AvgIpc) is 2.57. The van der Waals surface area contributed by atoms with Gasteiger partial charge in [-0.05, 0) is 42.4 Å². The smallest absolute Gasteiger partial charge is 0.0662 e. The minimum atomic E-state index is -0.406. The molecule has 0 aromatic heterocycles. The van der Waals surface area contributed by atoms with Crippen LogP contribution in [0.3, 0.4) is 0 Å². The van der Waals surface area contributed by atoms with Crippen LogP contribution in [0.4, 0.5) is 0 Å². The molecule has 1 aliphatic rings. The highest BCUT2D eigenvalue weighted by Crippen LogP contribution is 2.50. The summed E-state index contributed by atoms with van der Waals surface area (Å²) in [5.41, 5.74) is 6.62. The predicted molar refractivity (Wildman–Crippen MR) is 80.7 cm³/mol. The number of nitrogens with two attached hydrogens (primary N) is 1. The Balaban J connectivity index is 2.29. The van der Waals surface area contributed by atoms with Crippen molar-refractivity contribution in [1.82, 2.24) is 0 Å². The Hall–Kier alpha value is -0.280. The Kier molecular flexibility index (Phi) is 4.18. The second-order valence-electron chi connectivity index (χ2n) is 6.37. The normalized spacial score (nSPS) is 29.7. The number of rotatable bonds is 3. The summed E-state index contributed by atoms with van der Waals surface area (Å²) in [7, 11) is 0. The second kappa shape index (κ2) is 5.25. The van der Waals surface area contributed by atoms with E-state index >= 15 is 0 Å². The number of hydrogen-bond donors (Lipinski definition) is 2. The van der Waals surface area contributed by atoms with Crippen molar-refractivity contribution in [2.24, 2.45) is 16.6 Å². The van der Waals surface area contributed by atoms with Crippen molar-refractivity contribution in [2.75, 3.05) is 6.54 Å². The van der Waals surface area contributed by atoms with Crippen molar-refractivity contribution in [3.05, 3.63) is 33.8 Å². The Bertz CT molecular complexity index is 475. The van der Waals surface area contributed by atoms with E-state index in [0.717, 1.165) is 18.4 Å². The summed E-state index contributed by atoms with van der Waals surface area (Å²) in [6.07, 6.45) is 2.20. The predicted octanol–water partition coefficient (Wildman–Crippen LogP) is 3.66. The average molecular weight is 302 g/mol. The first kappa shape index (κ1) is 15.1. The third kappa shape index (κ3) is 2.78. The summed E-state index contributed by atoms with van der Waals surface area (Å²) in [5, 5.41) is 11.9. The molecule has 1 fully saturated rings. The van der Waals surface area contributed by atoms with Crippen LogP contribution in [0.2, 0.25) is 10.0 Å². The molecule has 1 saturated carbocycles. The molecule has 1 aliphatic carbocycles. The Morgan fingerprint density at radius 2 is 2.00 bits per heavy atom. The Morgan fingerprint density at radius 1 is 1.32 bits per heavy atom. The van der Waals surface area contributed by atoms with Crippen LogP contribution in [0.1, 0.15) is 32.3 Å². The first-order valence-corrected chi connectivity index (χ1v) is 7.38. The van der Waals surface area contributed by atoms with Crippen LogP contribution in [0.25, 0.3) is 0 Å². The van der Waals surface area contributed by atoms with E-state index in [1.165, 1.54) is 0 Å². The third-order valence-corrected chi connectivity index (χ3v) is 5.14. The van der Waals surface area contributed by atoms with Gasteiger partial charge in [-0.2, -0.15) is 0 Å². The molecule has 2 atom stereocenters. The summed E-state index contributed by atoms with van der Waals surface area (Å²) in [6, 6.07) is 5.51.